The molecule has 1 aliphatic heterocycles. The summed E-state index contributed by atoms with van der Waals surface area (Å²) in [7, 11) is 0. The molecule has 0 radical (unpaired) electrons. The minimum absolute atomic E-state index is 0.0840. The zero-order chi connectivity index (χ0) is 21.4. The predicted octanol–water partition coefficient (Wildman–Crippen LogP) is 4.19. The summed E-state index contributed by atoms with van der Waals surface area (Å²) in [5, 5.41) is 7.48. The number of aryl methyl sites for hydroxylation is 2. The Labute approximate surface area is 183 Å². The number of anilines is 1. The molecule has 0 bridgehead atoms. The van der Waals surface area contributed by atoms with E-state index in [9.17, 15) is 9.59 Å². The van der Waals surface area contributed by atoms with Gasteiger partial charge in [0.05, 0.1) is 11.6 Å². The van der Waals surface area contributed by atoms with E-state index in [-0.39, 0.29) is 17.6 Å². The fourth-order valence-corrected chi connectivity index (χ4v) is 4.57. The maximum Gasteiger partial charge on any atom is 0.235 e. The lowest BCUT2D eigenvalue weighted by Crippen LogP contribution is -2.39. The van der Waals surface area contributed by atoms with Crippen molar-refractivity contribution in [2.75, 3.05) is 5.32 Å². The lowest BCUT2D eigenvalue weighted by Gasteiger charge is -2.34. The van der Waals surface area contributed by atoms with E-state index < -0.39 is 5.92 Å². The van der Waals surface area contributed by atoms with Crippen molar-refractivity contribution >= 4 is 39.1 Å². The van der Waals surface area contributed by atoms with Crippen LogP contribution < -0.4 is 5.32 Å². The van der Waals surface area contributed by atoms with E-state index in [1.165, 1.54) is 0 Å². The number of pyridine rings is 1. The van der Waals surface area contributed by atoms with E-state index in [1.54, 1.807) is 12.3 Å². The second-order valence-electron chi connectivity index (χ2n) is 7.72. The average molecular weight is 470 g/mol. The highest BCUT2D eigenvalue weighted by Crippen LogP contribution is 2.44. The summed E-state index contributed by atoms with van der Waals surface area (Å²) in [5.74, 6) is -0.652. The van der Waals surface area contributed by atoms with Gasteiger partial charge in [0.1, 0.15) is 5.82 Å². The Bertz CT molecular complexity index is 1070. The summed E-state index contributed by atoms with van der Waals surface area (Å²) in [4.78, 5) is 35.3. The highest BCUT2D eigenvalue weighted by atomic mass is 79.9. The molecule has 156 valence electrons. The number of aromatic nitrogens is 3. The van der Waals surface area contributed by atoms with Gasteiger partial charge in [0.15, 0.2) is 5.78 Å². The summed E-state index contributed by atoms with van der Waals surface area (Å²) < 4.78 is 2.68. The molecule has 0 saturated heterocycles. The van der Waals surface area contributed by atoms with Gasteiger partial charge < -0.3 is 5.32 Å². The number of aliphatic imine (C=N–C) groups is 1. The van der Waals surface area contributed by atoms with E-state index in [1.807, 2.05) is 37.7 Å². The van der Waals surface area contributed by atoms with Gasteiger partial charge in [-0.2, -0.15) is 5.10 Å². The van der Waals surface area contributed by atoms with Crippen molar-refractivity contribution in [2.45, 2.75) is 52.5 Å². The Morgan fingerprint density at radius 3 is 2.77 bits per heavy atom. The molecule has 0 saturated carbocycles. The SMILES string of the molecule is CCn1cc(C2C3=C(CCCC3=O)N=C(C)C2C(=O)Nc2ccc(Br)cn2)c(C)n1. The first-order chi connectivity index (χ1) is 14.4. The number of allylic oxidation sites excluding steroid dienone is 2. The number of ketones is 1. The second-order valence-corrected chi connectivity index (χ2v) is 8.64. The van der Waals surface area contributed by atoms with Crippen LogP contribution in [0.3, 0.4) is 0 Å². The topological polar surface area (TPSA) is 89.2 Å². The molecule has 8 heteroatoms. The van der Waals surface area contributed by atoms with Gasteiger partial charge in [-0.15, -0.1) is 0 Å². The molecular weight excluding hydrogens is 446 g/mol. The highest BCUT2D eigenvalue weighted by molar-refractivity contribution is 9.10. The van der Waals surface area contributed by atoms with Crippen LogP contribution in [0.1, 0.15) is 50.3 Å². The highest BCUT2D eigenvalue weighted by Gasteiger charge is 2.43. The summed E-state index contributed by atoms with van der Waals surface area (Å²) in [5.41, 5.74) is 3.96. The normalized spacial score (nSPS) is 21.3. The molecule has 1 N–H and O–H groups in total. The fourth-order valence-electron chi connectivity index (χ4n) is 4.34. The number of halogens is 1. The maximum atomic E-state index is 13.4. The van der Waals surface area contributed by atoms with Crippen molar-refractivity contribution in [3.8, 4) is 0 Å². The fraction of sp³-hybridized carbons (Fsp3) is 0.409. The smallest absolute Gasteiger partial charge is 0.235 e. The number of nitrogens with one attached hydrogen (secondary N) is 1. The van der Waals surface area contributed by atoms with Crippen LogP contribution >= 0.6 is 15.9 Å². The van der Waals surface area contributed by atoms with E-state index in [2.05, 4.69) is 31.3 Å². The van der Waals surface area contributed by atoms with Gasteiger partial charge in [-0.25, -0.2) is 4.98 Å². The number of hydrogen-bond acceptors (Lipinski definition) is 5. The molecule has 2 atom stereocenters. The quantitative estimate of drug-likeness (QED) is 0.726. The van der Waals surface area contributed by atoms with Crippen molar-refractivity contribution in [1.29, 1.82) is 0 Å². The number of rotatable bonds is 4. The lowest BCUT2D eigenvalue weighted by atomic mass is 9.71. The van der Waals surface area contributed by atoms with Crippen LogP contribution in [-0.2, 0) is 16.1 Å². The molecule has 30 heavy (non-hydrogen) atoms. The molecule has 2 aromatic heterocycles. The van der Waals surface area contributed by atoms with Gasteiger partial charge in [0, 0.05) is 58.3 Å². The van der Waals surface area contributed by atoms with Crippen molar-refractivity contribution in [3.05, 3.63) is 51.5 Å². The average Bonchev–Trinajstić information content (AvgIpc) is 3.09. The molecule has 0 spiro atoms. The van der Waals surface area contributed by atoms with Crippen LogP contribution in [-0.4, -0.2) is 32.2 Å². The summed E-state index contributed by atoms with van der Waals surface area (Å²) in [6.45, 7) is 6.54. The Kier molecular flexibility index (Phi) is 5.69. The molecule has 1 aliphatic carbocycles. The molecule has 0 aromatic carbocycles. The number of nitrogens with zero attached hydrogens (tertiary/aromatic N) is 4. The molecule has 3 heterocycles. The van der Waals surface area contributed by atoms with Crippen molar-refractivity contribution < 1.29 is 9.59 Å². The number of carbonyl (C=O) groups excluding carboxylic acids is 2. The van der Waals surface area contributed by atoms with Crippen LogP contribution in [0.5, 0.6) is 0 Å². The molecule has 2 aromatic rings. The molecule has 0 fully saturated rings. The monoisotopic (exact) mass is 469 g/mol. The maximum absolute atomic E-state index is 13.4. The Balaban J connectivity index is 1.78. The minimum atomic E-state index is -0.593. The van der Waals surface area contributed by atoms with Crippen LogP contribution in [0.25, 0.3) is 0 Å². The number of carbonyl (C=O) groups is 2. The Hall–Kier alpha value is -2.61. The van der Waals surface area contributed by atoms with Gasteiger partial charge in [-0.1, -0.05) is 0 Å². The van der Waals surface area contributed by atoms with Gasteiger partial charge in [-0.05, 0) is 61.7 Å². The second kappa shape index (κ2) is 8.26. The van der Waals surface area contributed by atoms with Crippen LogP contribution in [0.4, 0.5) is 5.82 Å². The number of Topliss-reactive ketones (excluding diaryl/α,β-unsaturated/α-hetero) is 1. The summed E-state index contributed by atoms with van der Waals surface area (Å²) in [6.07, 6.45) is 5.65. The molecule has 4 rings (SSSR count). The van der Waals surface area contributed by atoms with E-state index >= 15 is 0 Å². The van der Waals surface area contributed by atoms with E-state index in [4.69, 9.17) is 4.99 Å². The summed E-state index contributed by atoms with van der Waals surface area (Å²) in [6, 6.07) is 3.56. The van der Waals surface area contributed by atoms with E-state index in [0.29, 0.717) is 23.5 Å². The van der Waals surface area contributed by atoms with Crippen molar-refractivity contribution in [3.63, 3.8) is 0 Å². The molecule has 7 nitrogen and oxygen atoms in total. The summed E-state index contributed by atoms with van der Waals surface area (Å²) >= 11 is 3.35. The van der Waals surface area contributed by atoms with Gasteiger partial charge in [0.25, 0.3) is 0 Å². The van der Waals surface area contributed by atoms with Crippen LogP contribution in [0.15, 0.2) is 45.3 Å². The van der Waals surface area contributed by atoms with Crippen molar-refractivity contribution in [2.24, 2.45) is 10.9 Å². The Morgan fingerprint density at radius 2 is 2.10 bits per heavy atom. The molecule has 1 amide bonds. The third kappa shape index (κ3) is 3.76. The molecule has 2 unspecified atom stereocenters. The van der Waals surface area contributed by atoms with Crippen LogP contribution in [0, 0.1) is 12.8 Å². The zero-order valence-corrected chi connectivity index (χ0v) is 18.9. The Morgan fingerprint density at radius 1 is 1.30 bits per heavy atom. The number of amides is 1. The third-order valence-electron chi connectivity index (χ3n) is 5.74. The number of hydrogen-bond donors (Lipinski definition) is 1. The molecular formula is C22H24BrN5O2. The first-order valence-corrected chi connectivity index (χ1v) is 11.0. The standard InChI is InChI=1S/C22H24BrN5O2/c1-4-28-11-15(12(2)27-28)20-19(22(30)26-18-9-8-14(23)10-24-18)13(3)25-16-6-5-7-17(29)21(16)20/h8-11,19-20H,4-7H2,1-3H3,(H,24,26,30). The van der Waals surface area contributed by atoms with E-state index in [0.717, 1.165) is 40.8 Å². The van der Waals surface area contributed by atoms with Gasteiger partial charge in [-0.3, -0.25) is 19.3 Å². The first kappa shape index (κ1) is 20.7. The largest absolute Gasteiger partial charge is 0.310 e. The predicted molar refractivity (Wildman–Crippen MR) is 118 cm³/mol. The minimum Gasteiger partial charge on any atom is -0.310 e. The zero-order valence-electron chi connectivity index (χ0n) is 17.3. The molecule has 2 aliphatic rings. The van der Waals surface area contributed by atoms with Crippen LogP contribution in [0.2, 0.25) is 0 Å². The third-order valence-corrected chi connectivity index (χ3v) is 6.21. The van der Waals surface area contributed by atoms with Crippen molar-refractivity contribution in [1.82, 2.24) is 14.8 Å². The van der Waals surface area contributed by atoms with Gasteiger partial charge in [0.2, 0.25) is 5.91 Å². The lowest BCUT2D eigenvalue weighted by molar-refractivity contribution is -0.119. The first-order valence-electron chi connectivity index (χ1n) is 10.2. The van der Waals surface area contributed by atoms with Gasteiger partial charge >= 0.3 is 0 Å².